The lowest BCUT2D eigenvalue weighted by Crippen LogP contribution is -2.16. The Morgan fingerprint density at radius 2 is 2.00 bits per heavy atom. The molecule has 0 fully saturated rings. The van der Waals surface area contributed by atoms with Crippen molar-refractivity contribution in [2.45, 2.75) is 31.5 Å². The fourth-order valence-corrected chi connectivity index (χ4v) is 4.29. The second-order valence-electron chi connectivity index (χ2n) is 6.80. The summed E-state index contributed by atoms with van der Waals surface area (Å²) >= 11 is 7.94. The molecule has 1 amide bonds. The number of fused-ring (bicyclic) bond motifs is 1. The van der Waals surface area contributed by atoms with Crippen LogP contribution in [-0.2, 0) is 11.5 Å². The third-order valence-corrected chi connectivity index (χ3v) is 5.53. The van der Waals surface area contributed by atoms with Gasteiger partial charge in [0.15, 0.2) is 0 Å². The standard InChI is InChI=1S/C21H20ClN3O2S/c1-13(2)27-17-8-6-14(7-9-17)21(26)23-20-18-11-28-12-19(18)24-25(20)16-5-3-4-15(22)10-16/h3-10,13H,11-12H2,1-2H3,(H,23,26). The second kappa shape index (κ2) is 7.89. The van der Waals surface area contributed by atoms with Crippen LogP contribution in [0.4, 0.5) is 5.82 Å². The predicted octanol–water partition coefficient (Wildman–Crippen LogP) is 5.31. The predicted molar refractivity (Wildman–Crippen MR) is 114 cm³/mol. The van der Waals surface area contributed by atoms with Crippen molar-refractivity contribution >= 4 is 35.1 Å². The quantitative estimate of drug-likeness (QED) is 0.615. The number of hydrogen-bond acceptors (Lipinski definition) is 4. The zero-order chi connectivity index (χ0) is 19.7. The molecule has 1 N–H and O–H groups in total. The number of nitrogens with zero attached hydrogens (tertiary/aromatic N) is 2. The van der Waals surface area contributed by atoms with Gasteiger partial charge in [-0.3, -0.25) is 4.79 Å². The zero-order valence-corrected chi connectivity index (χ0v) is 17.2. The molecule has 5 nitrogen and oxygen atoms in total. The number of anilines is 1. The lowest BCUT2D eigenvalue weighted by atomic mass is 10.2. The Balaban J connectivity index is 1.63. The van der Waals surface area contributed by atoms with Crippen LogP contribution < -0.4 is 10.1 Å². The Kier molecular flexibility index (Phi) is 5.33. The molecule has 1 aliphatic rings. The minimum Gasteiger partial charge on any atom is -0.491 e. The van der Waals surface area contributed by atoms with Crippen LogP contribution in [0, 0.1) is 0 Å². The maximum absolute atomic E-state index is 12.9. The van der Waals surface area contributed by atoms with Crippen molar-refractivity contribution in [3.8, 4) is 11.4 Å². The minimum absolute atomic E-state index is 0.0896. The Hall–Kier alpha value is -2.44. The van der Waals surface area contributed by atoms with E-state index in [2.05, 4.69) is 5.32 Å². The smallest absolute Gasteiger partial charge is 0.256 e. The first-order chi connectivity index (χ1) is 13.5. The average Bonchev–Trinajstić information content (AvgIpc) is 3.24. The van der Waals surface area contributed by atoms with Gasteiger partial charge >= 0.3 is 0 Å². The Bertz CT molecular complexity index is 1010. The molecule has 0 spiro atoms. The van der Waals surface area contributed by atoms with Crippen LogP contribution in [0.2, 0.25) is 5.02 Å². The summed E-state index contributed by atoms with van der Waals surface area (Å²) < 4.78 is 7.41. The molecule has 2 aromatic carbocycles. The number of halogens is 1. The molecule has 7 heteroatoms. The first-order valence-electron chi connectivity index (χ1n) is 9.04. The van der Waals surface area contributed by atoms with Gasteiger partial charge in [0.1, 0.15) is 11.6 Å². The average molecular weight is 414 g/mol. The van der Waals surface area contributed by atoms with Crippen LogP contribution in [0.1, 0.15) is 35.5 Å². The summed E-state index contributed by atoms with van der Waals surface area (Å²) in [5.74, 6) is 2.93. The van der Waals surface area contributed by atoms with E-state index in [4.69, 9.17) is 21.4 Å². The molecule has 0 unspecified atom stereocenters. The van der Waals surface area contributed by atoms with Gasteiger partial charge in [0, 0.05) is 27.7 Å². The molecule has 3 aromatic rings. The SMILES string of the molecule is CC(C)Oc1ccc(C(=O)Nc2c3c(nn2-c2cccc(Cl)c2)CSC3)cc1. The van der Waals surface area contributed by atoms with E-state index in [1.165, 1.54) is 0 Å². The number of amides is 1. The van der Waals surface area contributed by atoms with Crippen molar-refractivity contribution in [3.05, 3.63) is 70.4 Å². The van der Waals surface area contributed by atoms with Crippen LogP contribution in [0.15, 0.2) is 48.5 Å². The van der Waals surface area contributed by atoms with Crippen LogP contribution in [-0.4, -0.2) is 21.8 Å². The van der Waals surface area contributed by atoms with Gasteiger partial charge in [-0.15, -0.1) is 0 Å². The van der Waals surface area contributed by atoms with Gasteiger partial charge in [-0.25, -0.2) is 4.68 Å². The summed E-state index contributed by atoms with van der Waals surface area (Å²) in [5.41, 5.74) is 3.45. The highest BCUT2D eigenvalue weighted by molar-refractivity contribution is 7.98. The molecule has 2 heterocycles. The fourth-order valence-electron chi connectivity index (χ4n) is 3.07. The van der Waals surface area contributed by atoms with Crippen LogP contribution >= 0.6 is 23.4 Å². The van der Waals surface area contributed by atoms with E-state index in [1.54, 1.807) is 28.6 Å². The van der Waals surface area contributed by atoms with Crippen molar-refractivity contribution in [2.24, 2.45) is 0 Å². The summed E-state index contributed by atoms with van der Waals surface area (Å²) in [6, 6.07) is 14.6. The molecule has 0 saturated carbocycles. The van der Waals surface area contributed by atoms with Gasteiger partial charge in [-0.1, -0.05) is 17.7 Å². The molecular formula is C21H20ClN3O2S. The van der Waals surface area contributed by atoms with Crippen molar-refractivity contribution < 1.29 is 9.53 Å². The van der Waals surface area contributed by atoms with Crippen molar-refractivity contribution in [1.29, 1.82) is 0 Å². The van der Waals surface area contributed by atoms with E-state index >= 15 is 0 Å². The number of ether oxygens (including phenoxy) is 1. The van der Waals surface area contributed by atoms with Crippen LogP contribution in [0.3, 0.4) is 0 Å². The molecule has 28 heavy (non-hydrogen) atoms. The highest BCUT2D eigenvalue weighted by Gasteiger charge is 2.25. The second-order valence-corrected chi connectivity index (χ2v) is 8.23. The van der Waals surface area contributed by atoms with E-state index in [-0.39, 0.29) is 12.0 Å². The number of nitrogens with one attached hydrogen (secondary N) is 1. The van der Waals surface area contributed by atoms with Crippen molar-refractivity contribution in [3.63, 3.8) is 0 Å². The van der Waals surface area contributed by atoms with E-state index in [0.717, 1.165) is 34.2 Å². The molecule has 144 valence electrons. The summed E-state index contributed by atoms with van der Waals surface area (Å²) in [4.78, 5) is 12.9. The van der Waals surface area contributed by atoms with E-state index in [1.807, 2.05) is 50.2 Å². The fraction of sp³-hybridized carbons (Fsp3) is 0.238. The molecular weight excluding hydrogens is 394 g/mol. The highest BCUT2D eigenvalue weighted by Crippen LogP contribution is 2.36. The lowest BCUT2D eigenvalue weighted by molar-refractivity contribution is 0.102. The molecule has 0 saturated heterocycles. The molecule has 4 rings (SSSR count). The first kappa shape index (κ1) is 18.9. The van der Waals surface area contributed by atoms with Gasteiger partial charge in [-0.05, 0) is 56.3 Å². The number of rotatable bonds is 5. The Morgan fingerprint density at radius 1 is 1.21 bits per heavy atom. The van der Waals surface area contributed by atoms with Gasteiger partial charge in [0.2, 0.25) is 0 Å². The third kappa shape index (κ3) is 3.88. The largest absolute Gasteiger partial charge is 0.491 e. The Morgan fingerprint density at radius 3 is 2.71 bits per heavy atom. The van der Waals surface area contributed by atoms with Crippen LogP contribution in [0.5, 0.6) is 5.75 Å². The zero-order valence-electron chi connectivity index (χ0n) is 15.6. The molecule has 0 atom stereocenters. The van der Waals surface area contributed by atoms with E-state index in [9.17, 15) is 4.79 Å². The number of carbonyl (C=O) groups excluding carboxylic acids is 1. The van der Waals surface area contributed by atoms with Crippen molar-refractivity contribution in [2.75, 3.05) is 5.32 Å². The van der Waals surface area contributed by atoms with E-state index in [0.29, 0.717) is 16.4 Å². The number of hydrogen-bond donors (Lipinski definition) is 1. The third-order valence-electron chi connectivity index (χ3n) is 4.32. The number of thioether (sulfide) groups is 1. The van der Waals surface area contributed by atoms with Gasteiger partial charge in [0.05, 0.1) is 17.5 Å². The van der Waals surface area contributed by atoms with Crippen molar-refractivity contribution in [1.82, 2.24) is 9.78 Å². The topological polar surface area (TPSA) is 56.1 Å². The highest BCUT2D eigenvalue weighted by atomic mass is 35.5. The number of carbonyl (C=O) groups is 1. The Labute approximate surface area is 173 Å². The van der Waals surface area contributed by atoms with E-state index < -0.39 is 0 Å². The number of aromatic nitrogens is 2. The molecule has 1 aromatic heterocycles. The van der Waals surface area contributed by atoms with Gasteiger partial charge in [-0.2, -0.15) is 16.9 Å². The molecule has 1 aliphatic heterocycles. The normalized spacial score (nSPS) is 12.9. The molecule has 0 bridgehead atoms. The van der Waals surface area contributed by atoms with Gasteiger partial charge in [0.25, 0.3) is 5.91 Å². The maximum atomic E-state index is 12.9. The summed E-state index contributed by atoms with van der Waals surface area (Å²) in [6.45, 7) is 3.94. The van der Waals surface area contributed by atoms with Crippen LogP contribution in [0.25, 0.3) is 5.69 Å². The first-order valence-corrected chi connectivity index (χ1v) is 10.6. The minimum atomic E-state index is -0.182. The summed E-state index contributed by atoms with van der Waals surface area (Å²) in [6.07, 6.45) is 0.0896. The van der Waals surface area contributed by atoms with Gasteiger partial charge < -0.3 is 10.1 Å². The molecule has 0 radical (unpaired) electrons. The lowest BCUT2D eigenvalue weighted by Gasteiger charge is -2.12. The number of benzene rings is 2. The summed E-state index contributed by atoms with van der Waals surface area (Å²) in [7, 11) is 0. The monoisotopic (exact) mass is 413 g/mol. The maximum Gasteiger partial charge on any atom is 0.256 e. The molecule has 0 aliphatic carbocycles. The summed E-state index contributed by atoms with van der Waals surface area (Å²) in [5, 5.41) is 8.37.